The summed E-state index contributed by atoms with van der Waals surface area (Å²) in [5.41, 5.74) is 0. The first-order valence-electron chi connectivity index (χ1n) is 3.77. The van der Waals surface area contributed by atoms with Gasteiger partial charge in [-0.1, -0.05) is 0 Å². The molecule has 2 rings (SSSR count). The van der Waals surface area contributed by atoms with E-state index in [1.807, 2.05) is 0 Å². The van der Waals surface area contributed by atoms with Crippen LogP contribution in [-0.2, 0) is 9.47 Å². The van der Waals surface area contributed by atoms with Crippen molar-refractivity contribution in [3.63, 3.8) is 0 Å². The molecule has 10 heavy (non-hydrogen) atoms. The Bertz CT molecular complexity index is 112. The number of ether oxygens (including phenoxy) is 2. The van der Waals surface area contributed by atoms with Gasteiger partial charge in [-0.15, -0.1) is 0 Å². The third-order valence-corrected chi connectivity index (χ3v) is 2.17. The van der Waals surface area contributed by atoms with Gasteiger partial charge in [0.15, 0.2) is 0 Å². The number of aliphatic hydroxyl groups is 1. The smallest absolute Gasteiger partial charge is 0.0863 e. The summed E-state index contributed by atoms with van der Waals surface area (Å²) in [5, 5.41) is 9.20. The highest BCUT2D eigenvalue weighted by Crippen LogP contribution is 2.27. The Kier molecular flexibility index (Phi) is 1.64. The number of hydrogen-bond acceptors (Lipinski definition) is 3. The minimum absolute atomic E-state index is 0.170. The summed E-state index contributed by atoms with van der Waals surface area (Å²) < 4.78 is 10.8. The van der Waals surface area contributed by atoms with Crippen molar-refractivity contribution < 1.29 is 14.6 Å². The van der Waals surface area contributed by atoms with Crippen LogP contribution in [0.15, 0.2) is 0 Å². The fourth-order valence-electron chi connectivity index (χ4n) is 1.69. The van der Waals surface area contributed by atoms with Crippen LogP contribution in [0.4, 0.5) is 0 Å². The molecule has 58 valence electrons. The first-order valence-corrected chi connectivity index (χ1v) is 3.77. The van der Waals surface area contributed by atoms with Gasteiger partial charge in [-0.2, -0.15) is 0 Å². The van der Waals surface area contributed by atoms with Crippen LogP contribution in [0.2, 0.25) is 0 Å². The van der Waals surface area contributed by atoms with Gasteiger partial charge in [0.1, 0.15) is 0 Å². The van der Waals surface area contributed by atoms with Crippen LogP contribution in [0.25, 0.3) is 0 Å². The molecule has 0 amide bonds. The molecule has 0 aromatic heterocycles. The summed E-state index contributed by atoms with van der Waals surface area (Å²) in [6.07, 6.45) is 1.65. The second kappa shape index (κ2) is 2.49. The fraction of sp³-hybridized carbons (Fsp3) is 1.00. The number of fused-ring (bicyclic) bond motifs is 1. The summed E-state index contributed by atoms with van der Waals surface area (Å²) in [6.45, 7) is 1.38. The van der Waals surface area contributed by atoms with Crippen LogP contribution in [0, 0.1) is 0 Å². The van der Waals surface area contributed by atoms with Crippen molar-refractivity contribution in [2.75, 3.05) is 13.2 Å². The molecule has 1 N–H and O–H groups in total. The van der Waals surface area contributed by atoms with E-state index >= 15 is 0 Å². The molecule has 3 nitrogen and oxygen atoms in total. The zero-order valence-electron chi connectivity index (χ0n) is 5.82. The molecule has 1 aliphatic heterocycles. The largest absolute Gasteiger partial charge is 0.393 e. The van der Waals surface area contributed by atoms with Crippen molar-refractivity contribution in [2.45, 2.75) is 31.2 Å². The summed E-state index contributed by atoms with van der Waals surface area (Å²) >= 11 is 0. The molecule has 0 spiro atoms. The van der Waals surface area contributed by atoms with E-state index < -0.39 is 0 Å². The fourth-order valence-corrected chi connectivity index (χ4v) is 1.69. The van der Waals surface area contributed by atoms with Crippen LogP contribution >= 0.6 is 0 Å². The Morgan fingerprint density at radius 2 is 1.50 bits per heavy atom. The Morgan fingerprint density at radius 3 is 2.00 bits per heavy atom. The van der Waals surface area contributed by atoms with E-state index in [2.05, 4.69) is 0 Å². The van der Waals surface area contributed by atoms with E-state index in [4.69, 9.17) is 9.47 Å². The lowest BCUT2D eigenvalue weighted by Crippen LogP contribution is -2.33. The van der Waals surface area contributed by atoms with E-state index in [9.17, 15) is 5.11 Å². The molecule has 1 unspecified atom stereocenters. The summed E-state index contributed by atoms with van der Waals surface area (Å²) in [6, 6.07) is 0. The quantitative estimate of drug-likeness (QED) is 0.517. The molecule has 1 saturated carbocycles. The highest BCUT2D eigenvalue weighted by Gasteiger charge is 2.36. The Labute approximate surface area is 59.9 Å². The standard InChI is InChI=1S/C7H12O3/c8-5-3-6-7(4-5)10-2-1-9-6/h5-8H,1-4H2/t5?,6-,7+. The average molecular weight is 144 g/mol. The van der Waals surface area contributed by atoms with Gasteiger partial charge in [0.05, 0.1) is 31.5 Å². The molecule has 0 aromatic rings. The summed E-state index contributed by atoms with van der Waals surface area (Å²) in [4.78, 5) is 0. The minimum Gasteiger partial charge on any atom is -0.393 e. The summed E-state index contributed by atoms with van der Waals surface area (Å²) in [5.74, 6) is 0. The van der Waals surface area contributed by atoms with Crippen LogP contribution in [0.1, 0.15) is 12.8 Å². The van der Waals surface area contributed by atoms with Gasteiger partial charge in [0.25, 0.3) is 0 Å². The first kappa shape index (κ1) is 6.58. The van der Waals surface area contributed by atoms with Crippen molar-refractivity contribution >= 4 is 0 Å². The topological polar surface area (TPSA) is 38.7 Å². The molecule has 0 radical (unpaired) electrons. The highest BCUT2D eigenvalue weighted by molar-refractivity contribution is 4.86. The predicted molar refractivity (Wildman–Crippen MR) is 34.7 cm³/mol. The molecule has 3 atom stereocenters. The van der Waals surface area contributed by atoms with E-state index in [-0.39, 0.29) is 18.3 Å². The maximum atomic E-state index is 9.20. The lowest BCUT2D eigenvalue weighted by Gasteiger charge is -2.25. The molecule has 0 aromatic carbocycles. The molecule has 1 saturated heterocycles. The average Bonchev–Trinajstić information content (AvgIpc) is 2.27. The van der Waals surface area contributed by atoms with E-state index in [0.717, 1.165) is 12.8 Å². The third-order valence-electron chi connectivity index (χ3n) is 2.17. The normalized spacial score (nSPS) is 47.1. The van der Waals surface area contributed by atoms with Crippen molar-refractivity contribution in [1.29, 1.82) is 0 Å². The zero-order chi connectivity index (χ0) is 6.97. The van der Waals surface area contributed by atoms with Crippen molar-refractivity contribution in [3.05, 3.63) is 0 Å². The molecule has 0 bridgehead atoms. The van der Waals surface area contributed by atoms with Crippen molar-refractivity contribution in [2.24, 2.45) is 0 Å². The predicted octanol–water partition coefficient (Wildman–Crippen LogP) is -0.0749. The molecular weight excluding hydrogens is 132 g/mol. The van der Waals surface area contributed by atoms with E-state index in [1.165, 1.54) is 0 Å². The van der Waals surface area contributed by atoms with Crippen LogP contribution < -0.4 is 0 Å². The molecule has 1 aliphatic carbocycles. The molecule has 1 heterocycles. The van der Waals surface area contributed by atoms with Crippen molar-refractivity contribution in [3.8, 4) is 0 Å². The second-order valence-corrected chi connectivity index (χ2v) is 2.94. The number of aliphatic hydroxyl groups excluding tert-OH is 1. The Hall–Kier alpha value is -0.120. The lowest BCUT2D eigenvalue weighted by molar-refractivity contribution is -0.124. The number of hydrogen-bond donors (Lipinski definition) is 1. The second-order valence-electron chi connectivity index (χ2n) is 2.94. The summed E-state index contributed by atoms with van der Waals surface area (Å²) in [7, 11) is 0. The van der Waals surface area contributed by atoms with E-state index in [1.54, 1.807) is 0 Å². The van der Waals surface area contributed by atoms with Crippen LogP contribution in [0.3, 0.4) is 0 Å². The lowest BCUT2D eigenvalue weighted by atomic mass is 10.2. The van der Waals surface area contributed by atoms with Gasteiger partial charge in [-0.05, 0) is 0 Å². The SMILES string of the molecule is OC1C[C@@H]2OCCO[C@@H]2C1. The monoisotopic (exact) mass is 144 g/mol. The van der Waals surface area contributed by atoms with Gasteiger partial charge in [0, 0.05) is 12.8 Å². The van der Waals surface area contributed by atoms with Gasteiger partial charge in [0.2, 0.25) is 0 Å². The molecule has 2 fully saturated rings. The van der Waals surface area contributed by atoms with Crippen LogP contribution in [0.5, 0.6) is 0 Å². The first-order chi connectivity index (χ1) is 4.86. The van der Waals surface area contributed by atoms with Crippen molar-refractivity contribution in [1.82, 2.24) is 0 Å². The maximum Gasteiger partial charge on any atom is 0.0863 e. The minimum atomic E-state index is -0.201. The molecule has 3 heteroatoms. The maximum absolute atomic E-state index is 9.20. The van der Waals surface area contributed by atoms with E-state index in [0.29, 0.717) is 13.2 Å². The molecular formula is C7H12O3. The van der Waals surface area contributed by atoms with Gasteiger partial charge < -0.3 is 14.6 Å². The molecule has 2 aliphatic rings. The zero-order valence-corrected chi connectivity index (χ0v) is 5.82. The van der Waals surface area contributed by atoms with Crippen LogP contribution in [-0.4, -0.2) is 36.6 Å². The van der Waals surface area contributed by atoms with Gasteiger partial charge >= 0.3 is 0 Å². The third kappa shape index (κ3) is 1.05. The highest BCUT2D eigenvalue weighted by atomic mass is 16.6. The Balaban J connectivity index is 1.97. The van der Waals surface area contributed by atoms with Gasteiger partial charge in [-0.3, -0.25) is 0 Å². The Morgan fingerprint density at radius 1 is 1.00 bits per heavy atom. The van der Waals surface area contributed by atoms with Gasteiger partial charge in [-0.25, -0.2) is 0 Å². The number of rotatable bonds is 0.